The predicted octanol–water partition coefficient (Wildman–Crippen LogP) is 2.71. The second-order valence-electron chi connectivity index (χ2n) is 4.57. The van der Waals surface area contributed by atoms with Crippen LogP contribution in [0.1, 0.15) is 29.8 Å². The van der Waals surface area contributed by atoms with Crippen LogP contribution in [0.2, 0.25) is 0 Å². The first-order chi connectivity index (χ1) is 9.65. The molecular weight excluding hydrogens is 298 g/mol. The molecule has 7 heteroatoms. The van der Waals surface area contributed by atoms with Crippen LogP contribution < -0.4 is 0 Å². The molecule has 2 heterocycles. The highest BCUT2D eigenvalue weighted by Gasteiger charge is 2.14. The van der Waals surface area contributed by atoms with E-state index in [0.29, 0.717) is 6.61 Å². The monoisotopic (exact) mass is 317 g/mol. The fraction of sp³-hybridized carbons (Fsp3) is 0.692. The van der Waals surface area contributed by atoms with Crippen LogP contribution in [0.5, 0.6) is 0 Å². The van der Waals surface area contributed by atoms with Gasteiger partial charge in [-0.2, -0.15) is 0 Å². The third kappa shape index (κ3) is 5.05. The fourth-order valence-electron chi connectivity index (χ4n) is 1.92. The lowest BCUT2D eigenvalue weighted by Gasteiger charge is -2.22. The standard InChI is InChI=1S/C13H19NO4S2/c1-9-10(8-11(15)16)20-13(14-9)19-7-6-18-12-4-2-3-5-17-12/h12H,2-8H2,1H3,(H,15,16). The Morgan fingerprint density at radius 1 is 1.60 bits per heavy atom. The molecule has 1 aliphatic rings. The molecule has 0 aliphatic carbocycles. The fourth-order valence-corrected chi connectivity index (χ4v) is 4.04. The van der Waals surface area contributed by atoms with Crippen LogP contribution in [0.15, 0.2) is 4.34 Å². The summed E-state index contributed by atoms with van der Waals surface area (Å²) in [4.78, 5) is 15.9. The van der Waals surface area contributed by atoms with E-state index in [-0.39, 0.29) is 12.7 Å². The Morgan fingerprint density at radius 3 is 3.15 bits per heavy atom. The summed E-state index contributed by atoms with van der Waals surface area (Å²) in [6.45, 7) is 3.27. The smallest absolute Gasteiger partial charge is 0.308 e. The lowest BCUT2D eigenvalue weighted by Crippen LogP contribution is -2.23. The molecule has 1 atom stereocenters. The number of thioether (sulfide) groups is 1. The van der Waals surface area contributed by atoms with Crippen LogP contribution in [-0.2, 0) is 20.7 Å². The first-order valence-corrected chi connectivity index (χ1v) is 8.49. The SMILES string of the molecule is Cc1nc(SCCOC2CCCCO2)sc1CC(=O)O. The van der Waals surface area contributed by atoms with Gasteiger partial charge in [-0.25, -0.2) is 4.98 Å². The number of carboxylic acid groups (broad SMARTS) is 1. The summed E-state index contributed by atoms with van der Waals surface area (Å²) in [7, 11) is 0. The number of hydrogen-bond acceptors (Lipinski definition) is 6. The average molecular weight is 317 g/mol. The molecule has 2 rings (SSSR count). The van der Waals surface area contributed by atoms with Crippen molar-refractivity contribution in [1.29, 1.82) is 0 Å². The van der Waals surface area contributed by atoms with Crippen molar-refractivity contribution < 1.29 is 19.4 Å². The van der Waals surface area contributed by atoms with Crippen molar-refractivity contribution in [3.8, 4) is 0 Å². The molecule has 1 N–H and O–H groups in total. The van der Waals surface area contributed by atoms with E-state index < -0.39 is 5.97 Å². The summed E-state index contributed by atoms with van der Waals surface area (Å²) in [5.74, 6) is -0.00893. The van der Waals surface area contributed by atoms with Crippen molar-refractivity contribution in [2.75, 3.05) is 19.0 Å². The van der Waals surface area contributed by atoms with E-state index in [1.807, 2.05) is 6.92 Å². The molecule has 1 fully saturated rings. The van der Waals surface area contributed by atoms with Gasteiger partial charge in [-0.1, -0.05) is 11.8 Å². The number of carboxylic acids is 1. The van der Waals surface area contributed by atoms with Crippen LogP contribution in [-0.4, -0.2) is 41.3 Å². The first-order valence-electron chi connectivity index (χ1n) is 6.69. The number of aromatic nitrogens is 1. The van der Waals surface area contributed by atoms with Crippen molar-refractivity contribution in [2.45, 2.75) is 43.2 Å². The van der Waals surface area contributed by atoms with E-state index in [1.54, 1.807) is 11.8 Å². The third-order valence-corrected chi connectivity index (χ3v) is 5.20. The molecule has 1 aromatic rings. The highest BCUT2D eigenvalue weighted by Crippen LogP contribution is 2.27. The van der Waals surface area contributed by atoms with Crippen molar-refractivity contribution in [2.24, 2.45) is 0 Å². The minimum absolute atomic E-state index is 0.0510. The Morgan fingerprint density at radius 2 is 2.45 bits per heavy atom. The molecule has 20 heavy (non-hydrogen) atoms. The lowest BCUT2D eigenvalue weighted by atomic mass is 10.2. The Bertz CT molecular complexity index is 444. The molecule has 0 saturated carbocycles. The molecule has 1 saturated heterocycles. The molecule has 1 aliphatic heterocycles. The number of ether oxygens (including phenoxy) is 2. The second kappa shape index (κ2) is 7.97. The summed E-state index contributed by atoms with van der Waals surface area (Å²) in [5, 5.41) is 8.80. The number of aryl methyl sites for hydroxylation is 1. The van der Waals surface area contributed by atoms with Gasteiger partial charge in [0, 0.05) is 17.2 Å². The number of aliphatic carboxylic acids is 1. The third-order valence-electron chi connectivity index (χ3n) is 2.94. The summed E-state index contributed by atoms with van der Waals surface area (Å²) < 4.78 is 12.0. The van der Waals surface area contributed by atoms with E-state index in [4.69, 9.17) is 14.6 Å². The van der Waals surface area contributed by atoms with Crippen molar-refractivity contribution >= 4 is 29.1 Å². The largest absolute Gasteiger partial charge is 0.481 e. The summed E-state index contributed by atoms with van der Waals surface area (Å²) in [6.07, 6.45) is 3.27. The van der Waals surface area contributed by atoms with Gasteiger partial charge in [-0.3, -0.25) is 4.79 Å². The van der Waals surface area contributed by atoms with Gasteiger partial charge in [0.2, 0.25) is 0 Å². The number of hydrogen-bond donors (Lipinski definition) is 1. The zero-order chi connectivity index (χ0) is 14.4. The van der Waals surface area contributed by atoms with Crippen molar-refractivity contribution in [3.05, 3.63) is 10.6 Å². The second-order valence-corrected chi connectivity index (χ2v) is 7.00. The average Bonchev–Trinajstić information content (AvgIpc) is 2.76. The normalized spacial score (nSPS) is 19.1. The van der Waals surface area contributed by atoms with E-state index in [9.17, 15) is 4.79 Å². The number of rotatable bonds is 7. The minimum Gasteiger partial charge on any atom is -0.481 e. The molecule has 0 bridgehead atoms. The topological polar surface area (TPSA) is 68.7 Å². The number of thiazole rings is 1. The lowest BCUT2D eigenvalue weighted by molar-refractivity contribution is -0.158. The zero-order valence-electron chi connectivity index (χ0n) is 11.5. The Balaban J connectivity index is 1.69. The highest BCUT2D eigenvalue weighted by atomic mass is 32.2. The van der Waals surface area contributed by atoms with Gasteiger partial charge in [-0.15, -0.1) is 11.3 Å². The maximum atomic E-state index is 10.7. The minimum atomic E-state index is -0.814. The van der Waals surface area contributed by atoms with Gasteiger partial charge in [0.05, 0.1) is 18.7 Å². The van der Waals surface area contributed by atoms with E-state index >= 15 is 0 Å². The molecule has 0 radical (unpaired) electrons. The molecular formula is C13H19NO4S2. The first kappa shape index (κ1) is 15.8. The number of nitrogens with zero attached hydrogens (tertiary/aromatic N) is 1. The molecule has 1 aromatic heterocycles. The zero-order valence-corrected chi connectivity index (χ0v) is 13.1. The van der Waals surface area contributed by atoms with Gasteiger partial charge >= 0.3 is 5.97 Å². The maximum absolute atomic E-state index is 10.7. The van der Waals surface area contributed by atoms with Crippen LogP contribution in [0.25, 0.3) is 0 Å². The Hall–Kier alpha value is -0.630. The molecule has 0 aromatic carbocycles. The maximum Gasteiger partial charge on any atom is 0.308 e. The molecule has 0 spiro atoms. The van der Waals surface area contributed by atoms with Gasteiger partial charge in [0.1, 0.15) is 4.34 Å². The summed E-state index contributed by atoms with van der Waals surface area (Å²) in [5.41, 5.74) is 0.816. The Labute approximate surface area is 126 Å². The molecule has 112 valence electrons. The molecule has 0 amide bonds. The summed E-state index contributed by atoms with van der Waals surface area (Å²) >= 11 is 3.06. The predicted molar refractivity (Wildman–Crippen MR) is 78.5 cm³/mol. The van der Waals surface area contributed by atoms with E-state index in [2.05, 4.69) is 4.98 Å². The van der Waals surface area contributed by atoms with Crippen LogP contribution >= 0.6 is 23.1 Å². The van der Waals surface area contributed by atoms with Crippen molar-refractivity contribution in [1.82, 2.24) is 4.98 Å². The quantitative estimate of drug-likeness (QED) is 0.616. The highest BCUT2D eigenvalue weighted by molar-refractivity contribution is 8.01. The number of carbonyl (C=O) groups is 1. The Kier molecular flexibility index (Phi) is 6.28. The van der Waals surface area contributed by atoms with Gasteiger partial charge in [0.25, 0.3) is 0 Å². The van der Waals surface area contributed by atoms with Gasteiger partial charge in [-0.05, 0) is 26.2 Å². The van der Waals surface area contributed by atoms with E-state index in [0.717, 1.165) is 40.1 Å². The summed E-state index contributed by atoms with van der Waals surface area (Å²) in [6, 6.07) is 0. The van der Waals surface area contributed by atoms with Crippen LogP contribution in [0, 0.1) is 6.92 Å². The van der Waals surface area contributed by atoms with Gasteiger partial charge < -0.3 is 14.6 Å². The van der Waals surface area contributed by atoms with Crippen LogP contribution in [0.3, 0.4) is 0 Å². The van der Waals surface area contributed by atoms with Gasteiger partial charge in [0.15, 0.2) is 6.29 Å². The molecule has 5 nitrogen and oxygen atoms in total. The van der Waals surface area contributed by atoms with E-state index in [1.165, 1.54) is 17.8 Å². The van der Waals surface area contributed by atoms with Crippen LogP contribution in [0.4, 0.5) is 0 Å². The molecule has 1 unspecified atom stereocenters. The van der Waals surface area contributed by atoms with Crippen molar-refractivity contribution in [3.63, 3.8) is 0 Å².